The Bertz CT molecular complexity index is 251. The average Bonchev–Trinajstić information content (AvgIpc) is 2.26. The van der Waals surface area contributed by atoms with Crippen molar-refractivity contribution in [3.8, 4) is 0 Å². The highest BCUT2D eigenvalue weighted by Gasteiger charge is 2.49. The summed E-state index contributed by atoms with van der Waals surface area (Å²) >= 11 is 0. The van der Waals surface area contributed by atoms with Gasteiger partial charge in [-0.3, -0.25) is 4.79 Å². The summed E-state index contributed by atoms with van der Waals surface area (Å²) in [4.78, 5) is 11.5. The van der Waals surface area contributed by atoms with Gasteiger partial charge >= 0.3 is 5.97 Å². The molecule has 2 heterocycles. The van der Waals surface area contributed by atoms with Crippen molar-refractivity contribution in [1.29, 1.82) is 0 Å². The summed E-state index contributed by atoms with van der Waals surface area (Å²) in [5.74, 6) is 0.984. The minimum absolute atomic E-state index is 0.0613. The van der Waals surface area contributed by atoms with Gasteiger partial charge in [-0.2, -0.15) is 0 Å². The molecule has 4 bridgehead atoms. The second kappa shape index (κ2) is 2.47. The Labute approximate surface area is 77.1 Å². The molecule has 3 heteroatoms. The van der Waals surface area contributed by atoms with E-state index in [-0.39, 0.29) is 24.1 Å². The molecule has 4 aliphatic rings. The fraction of sp³-hybridized carbons (Fsp3) is 0.900. The van der Waals surface area contributed by atoms with Crippen LogP contribution in [-0.4, -0.2) is 23.3 Å². The fourth-order valence-corrected chi connectivity index (χ4v) is 3.28. The maximum atomic E-state index is 11.5. The molecule has 1 N–H and O–H groups in total. The second-order valence-electron chi connectivity index (χ2n) is 4.73. The van der Waals surface area contributed by atoms with E-state index in [4.69, 9.17) is 4.74 Å². The van der Waals surface area contributed by atoms with Crippen LogP contribution in [0, 0.1) is 17.8 Å². The zero-order chi connectivity index (χ0) is 9.00. The van der Waals surface area contributed by atoms with E-state index in [1.807, 2.05) is 0 Å². The number of hydrogen-bond donors (Lipinski definition) is 1. The quantitative estimate of drug-likeness (QED) is 0.561. The summed E-state index contributed by atoms with van der Waals surface area (Å²) in [7, 11) is 0. The fourth-order valence-electron chi connectivity index (χ4n) is 3.28. The van der Waals surface area contributed by atoms with Crippen LogP contribution in [-0.2, 0) is 9.53 Å². The average molecular weight is 182 g/mol. The summed E-state index contributed by atoms with van der Waals surface area (Å²) in [6.07, 6.45) is 3.27. The standard InChI is InChI=1S/C10H14O3/c11-9-6-1-5-2-7(4-6)10(12)13-8(9)3-5/h5-9,11H,1-4H2. The Morgan fingerprint density at radius 1 is 1.23 bits per heavy atom. The molecule has 0 aromatic carbocycles. The van der Waals surface area contributed by atoms with Gasteiger partial charge in [0.2, 0.25) is 0 Å². The zero-order valence-electron chi connectivity index (χ0n) is 7.48. The monoisotopic (exact) mass is 182 g/mol. The van der Waals surface area contributed by atoms with Crippen LogP contribution in [0.25, 0.3) is 0 Å². The minimum atomic E-state index is -0.384. The number of aliphatic hydroxyl groups excluding tert-OH is 1. The van der Waals surface area contributed by atoms with Crippen molar-refractivity contribution in [2.45, 2.75) is 37.9 Å². The predicted octanol–water partition coefficient (Wildman–Crippen LogP) is 0.709. The van der Waals surface area contributed by atoms with Crippen molar-refractivity contribution >= 4 is 5.97 Å². The molecule has 0 spiro atoms. The lowest BCUT2D eigenvalue weighted by atomic mass is 9.67. The molecule has 13 heavy (non-hydrogen) atoms. The van der Waals surface area contributed by atoms with Gasteiger partial charge in [0.25, 0.3) is 0 Å². The number of fused-ring (bicyclic) bond motifs is 1. The zero-order valence-corrected chi connectivity index (χ0v) is 7.48. The van der Waals surface area contributed by atoms with Crippen LogP contribution in [0.15, 0.2) is 0 Å². The normalized spacial score (nSPS) is 53.3. The van der Waals surface area contributed by atoms with Crippen molar-refractivity contribution in [3.63, 3.8) is 0 Å². The Kier molecular flexibility index (Phi) is 1.48. The SMILES string of the molecule is O=C1OC2CC3CC1CC(C3)C2O. The highest BCUT2D eigenvalue weighted by atomic mass is 16.6. The van der Waals surface area contributed by atoms with Crippen molar-refractivity contribution < 1.29 is 14.6 Å². The number of carbonyl (C=O) groups excluding carboxylic acids is 1. The van der Waals surface area contributed by atoms with Gasteiger partial charge < -0.3 is 9.84 Å². The molecule has 2 saturated carbocycles. The van der Waals surface area contributed by atoms with Crippen LogP contribution >= 0.6 is 0 Å². The van der Waals surface area contributed by atoms with E-state index in [0.29, 0.717) is 11.8 Å². The van der Waals surface area contributed by atoms with E-state index in [2.05, 4.69) is 0 Å². The van der Waals surface area contributed by atoms with Gasteiger partial charge in [0.15, 0.2) is 0 Å². The third-order valence-corrected chi connectivity index (χ3v) is 3.87. The highest BCUT2D eigenvalue weighted by Crippen LogP contribution is 2.46. The number of carbonyl (C=O) groups is 1. The van der Waals surface area contributed by atoms with E-state index in [0.717, 1.165) is 25.7 Å². The predicted molar refractivity (Wildman–Crippen MR) is 44.8 cm³/mol. The lowest BCUT2D eigenvalue weighted by Gasteiger charge is -2.39. The lowest BCUT2D eigenvalue weighted by Crippen LogP contribution is -2.42. The molecule has 5 unspecified atom stereocenters. The molecule has 2 aliphatic heterocycles. The second-order valence-corrected chi connectivity index (χ2v) is 4.73. The lowest BCUT2D eigenvalue weighted by molar-refractivity contribution is -0.156. The molecule has 5 atom stereocenters. The number of esters is 1. The number of ether oxygens (including phenoxy) is 1. The smallest absolute Gasteiger partial charge is 0.309 e. The maximum absolute atomic E-state index is 11.5. The van der Waals surface area contributed by atoms with E-state index in [1.54, 1.807) is 0 Å². The first-order valence-electron chi connectivity index (χ1n) is 5.12. The van der Waals surface area contributed by atoms with Crippen molar-refractivity contribution in [1.82, 2.24) is 0 Å². The van der Waals surface area contributed by atoms with E-state index in [1.165, 1.54) is 0 Å². The largest absolute Gasteiger partial charge is 0.459 e. The molecule has 0 radical (unpaired) electrons. The van der Waals surface area contributed by atoms with Gasteiger partial charge in [0.05, 0.1) is 12.0 Å². The molecule has 0 aromatic rings. The van der Waals surface area contributed by atoms with E-state index in [9.17, 15) is 9.90 Å². The molecule has 0 aromatic heterocycles. The Morgan fingerprint density at radius 3 is 2.92 bits per heavy atom. The summed E-state index contributed by atoms with van der Waals surface area (Å²) in [5, 5.41) is 9.85. The van der Waals surface area contributed by atoms with Gasteiger partial charge in [-0.05, 0) is 37.5 Å². The van der Waals surface area contributed by atoms with Crippen molar-refractivity contribution in [2.24, 2.45) is 17.8 Å². The summed E-state index contributed by atoms with van der Waals surface area (Å²) in [6, 6.07) is 0. The van der Waals surface area contributed by atoms with Gasteiger partial charge in [-0.25, -0.2) is 0 Å². The Morgan fingerprint density at radius 2 is 2.08 bits per heavy atom. The minimum Gasteiger partial charge on any atom is -0.459 e. The number of aliphatic hydroxyl groups is 1. The van der Waals surface area contributed by atoms with Gasteiger partial charge in [-0.1, -0.05) is 0 Å². The summed E-state index contributed by atoms with van der Waals surface area (Å²) in [6.45, 7) is 0. The van der Waals surface area contributed by atoms with Crippen molar-refractivity contribution in [3.05, 3.63) is 0 Å². The van der Waals surface area contributed by atoms with Crippen LogP contribution in [0.3, 0.4) is 0 Å². The van der Waals surface area contributed by atoms with Gasteiger partial charge in [0.1, 0.15) is 6.10 Å². The van der Waals surface area contributed by atoms with Gasteiger partial charge in [0, 0.05) is 0 Å². The number of rotatable bonds is 0. The molecule has 72 valence electrons. The third-order valence-electron chi connectivity index (χ3n) is 3.87. The first-order chi connectivity index (χ1) is 6.24. The molecule has 3 nitrogen and oxygen atoms in total. The molecular formula is C10H14O3. The molecule has 2 aliphatic carbocycles. The molecule has 4 rings (SSSR count). The van der Waals surface area contributed by atoms with E-state index < -0.39 is 0 Å². The Balaban J connectivity index is 1.98. The number of hydrogen-bond acceptors (Lipinski definition) is 3. The molecule has 0 amide bonds. The molecular weight excluding hydrogens is 168 g/mol. The topological polar surface area (TPSA) is 46.5 Å². The first kappa shape index (κ1) is 7.80. The van der Waals surface area contributed by atoms with Gasteiger partial charge in [-0.15, -0.1) is 0 Å². The van der Waals surface area contributed by atoms with Crippen molar-refractivity contribution in [2.75, 3.05) is 0 Å². The van der Waals surface area contributed by atoms with Crippen LogP contribution < -0.4 is 0 Å². The Hall–Kier alpha value is -0.570. The summed E-state index contributed by atoms with van der Waals surface area (Å²) in [5.41, 5.74) is 0. The highest BCUT2D eigenvalue weighted by molar-refractivity contribution is 5.73. The van der Waals surface area contributed by atoms with Crippen LogP contribution in [0.2, 0.25) is 0 Å². The van der Waals surface area contributed by atoms with E-state index >= 15 is 0 Å². The maximum Gasteiger partial charge on any atom is 0.309 e. The van der Waals surface area contributed by atoms with Crippen LogP contribution in [0.5, 0.6) is 0 Å². The first-order valence-corrected chi connectivity index (χ1v) is 5.12. The molecule has 4 fully saturated rings. The van der Waals surface area contributed by atoms with Crippen LogP contribution in [0.1, 0.15) is 25.7 Å². The third kappa shape index (κ3) is 1.03. The molecule has 2 saturated heterocycles. The summed E-state index contributed by atoms with van der Waals surface area (Å²) < 4.78 is 5.26. The van der Waals surface area contributed by atoms with Crippen LogP contribution in [0.4, 0.5) is 0 Å².